The lowest BCUT2D eigenvalue weighted by atomic mass is 10.2. The van der Waals surface area contributed by atoms with Gasteiger partial charge in [-0.15, -0.1) is 11.8 Å². The summed E-state index contributed by atoms with van der Waals surface area (Å²) in [5.41, 5.74) is 0.600. The molecule has 0 atom stereocenters. The first-order valence-corrected chi connectivity index (χ1v) is 7.74. The third-order valence-corrected chi connectivity index (χ3v) is 3.48. The van der Waals surface area contributed by atoms with Gasteiger partial charge in [-0.1, -0.05) is 0 Å². The Labute approximate surface area is 110 Å². The van der Waals surface area contributed by atoms with Crippen LogP contribution in [0.15, 0.2) is 23.1 Å². The van der Waals surface area contributed by atoms with Crippen molar-refractivity contribution in [3.63, 3.8) is 0 Å². The van der Waals surface area contributed by atoms with Crippen LogP contribution in [-0.4, -0.2) is 35.0 Å². The minimum Gasteiger partial charge on any atom is -0.498 e. The minimum atomic E-state index is -0.116. The van der Waals surface area contributed by atoms with Crippen LogP contribution in [0, 0.1) is 0 Å². The fourth-order valence-electron chi connectivity index (χ4n) is 1.16. The van der Waals surface area contributed by atoms with Crippen LogP contribution in [0.3, 0.4) is 0 Å². The van der Waals surface area contributed by atoms with Crippen molar-refractivity contribution >= 4 is 40.8 Å². The highest BCUT2D eigenvalue weighted by Gasteiger charge is 2.08. The monoisotopic (exact) mass is 274 g/mol. The average molecular weight is 274 g/mol. The highest BCUT2D eigenvalue weighted by atomic mass is 32.2. The zero-order valence-electron chi connectivity index (χ0n) is 9.23. The first-order chi connectivity index (χ1) is 7.69. The predicted molar refractivity (Wildman–Crippen MR) is 76.4 cm³/mol. The van der Waals surface area contributed by atoms with E-state index in [2.05, 4.69) is 0 Å². The number of thioether (sulfide) groups is 2. The lowest BCUT2D eigenvalue weighted by Crippen LogP contribution is -2.05. The van der Waals surface area contributed by atoms with E-state index in [4.69, 9.17) is 17.0 Å². The number of rotatable bonds is 6. The van der Waals surface area contributed by atoms with Crippen LogP contribution >= 0.6 is 35.7 Å². The van der Waals surface area contributed by atoms with E-state index < -0.39 is 0 Å². The molecule has 2 nitrogen and oxygen atoms in total. The Morgan fingerprint density at radius 2 is 2.19 bits per heavy atom. The van der Waals surface area contributed by atoms with Crippen LogP contribution in [0.1, 0.15) is 5.56 Å². The van der Waals surface area contributed by atoms with Crippen LogP contribution in [0.5, 0.6) is 5.75 Å². The Balaban J connectivity index is 2.85. The van der Waals surface area contributed by atoms with E-state index in [9.17, 15) is 5.11 Å². The molecule has 0 bridgehead atoms. The molecule has 0 aliphatic heterocycles. The van der Waals surface area contributed by atoms with Gasteiger partial charge in [0.25, 0.3) is 0 Å². The first kappa shape index (κ1) is 13.7. The molecule has 0 fully saturated rings. The van der Waals surface area contributed by atoms with Crippen LogP contribution in [0.4, 0.5) is 0 Å². The van der Waals surface area contributed by atoms with Gasteiger partial charge < -0.3 is 9.84 Å². The van der Waals surface area contributed by atoms with Gasteiger partial charge in [-0.2, -0.15) is 11.8 Å². The van der Waals surface area contributed by atoms with E-state index in [1.807, 2.05) is 30.7 Å². The number of hydrogen-bond donors (Lipinski definition) is 1. The summed E-state index contributed by atoms with van der Waals surface area (Å²) in [4.78, 5) is 1.06. The van der Waals surface area contributed by atoms with Crippen molar-refractivity contribution in [3.05, 3.63) is 23.8 Å². The van der Waals surface area contributed by atoms with E-state index in [0.29, 0.717) is 17.9 Å². The number of aliphatic hydroxyl groups is 1. The molecule has 0 amide bonds. The van der Waals surface area contributed by atoms with E-state index in [1.165, 1.54) is 0 Å². The summed E-state index contributed by atoms with van der Waals surface area (Å²) in [6.07, 6.45) is 4.01. The van der Waals surface area contributed by atoms with Crippen LogP contribution in [0.2, 0.25) is 0 Å². The van der Waals surface area contributed by atoms with Crippen molar-refractivity contribution in [1.29, 1.82) is 0 Å². The predicted octanol–water partition coefficient (Wildman–Crippen LogP) is 3.38. The highest BCUT2D eigenvalue weighted by molar-refractivity contribution is 7.98. The van der Waals surface area contributed by atoms with Gasteiger partial charge >= 0.3 is 0 Å². The second-order valence-electron chi connectivity index (χ2n) is 3.01. The lowest BCUT2D eigenvalue weighted by Gasteiger charge is -2.10. The molecule has 0 aliphatic carbocycles. The van der Waals surface area contributed by atoms with Crippen molar-refractivity contribution < 1.29 is 9.84 Å². The van der Waals surface area contributed by atoms with Gasteiger partial charge in [0, 0.05) is 10.6 Å². The molecule has 0 radical (unpaired) electrons. The fraction of sp³-hybridized carbons (Fsp3) is 0.364. The Hall–Kier alpha value is -0.390. The van der Waals surface area contributed by atoms with Gasteiger partial charge in [0.1, 0.15) is 5.75 Å². The minimum absolute atomic E-state index is 0.116. The quantitative estimate of drug-likeness (QED) is 0.488. The number of ether oxygens (including phenoxy) is 1. The summed E-state index contributed by atoms with van der Waals surface area (Å²) in [5.74, 6) is 1.57. The lowest BCUT2D eigenvalue weighted by molar-refractivity contribution is 0.342. The van der Waals surface area contributed by atoms with Gasteiger partial charge in [0.2, 0.25) is 0 Å². The molecule has 0 aliphatic rings. The molecule has 0 aromatic heterocycles. The van der Waals surface area contributed by atoms with Crippen LogP contribution in [0.25, 0.3) is 0 Å². The molecule has 1 N–H and O–H groups in total. The standard InChI is InChI=1S/C11H14O2S3/c1-15-6-5-13-10-4-3-8(16-2)7-9(10)11(12)14/h3-4,7H,5-6H2,1-2H3,(H,12,14). The Kier molecular flexibility index (Phi) is 6.01. The SMILES string of the molecule is CSCCOc1ccc(SC)cc1C(O)=S. The zero-order chi connectivity index (χ0) is 12.0. The van der Waals surface area contributed by atoms with Crippen molar-refractivity contribution in [2.45, 2.75) is 4.90 Å². The topological polar surface area (TPSA) is 29.5 Å². The molecule has 0 spiro atoms. The van der Waals surface area contributed by atoms with Crippen molar-refractivity contribution in [3.8, 4) is 5.75 Å². The molecule has 0 saturated carbocycles. The van der Waals surface area contributed by atoms with E-state index in [0.717, 1.165) is 10.6 Å². The smallest absolute Gasteiger partial charge is 0.192 e. The second-order valence-corrected chi connectivity index (χ2v) is 5.26. The van der Waals surface area contributed by atoms with Crippen molar-refractivity contribution in [2.75, 3.05) is 24.9 Å². The first-order valence-electron chi connectivity index (χ1n) is 4.72. The van der Waals surface area contributed by atoms with Gasteiger partial charge in [-0.25, -0.2) is 0 Å². The molecule has 1 rings (SSSR count). The summed E-state index contributed by atoms with van der Waals surface area (Å²) in [5, 5.41) is 9.30. The fourth-order valence-corrected chi connectivity index (χ4v) is 2.01. The van der Waals surface area contributed by atoms with Gasteiger partial charge in [0.15, 0.2) is 5.05 Å². The summed E-state index contributed by atoms with van der Waals surface area (Å²) in [6, 6.07) is 5.66. The average Bonchev–Trinajstić information content (AvgIpc) is 2.29. The Bertz CT molecular complexity index is 366. The summed E-state index contributed by atoms with van der Waals surface area (Å²) in [7, 11) is 0. The summed E-state index contributed by atoms with van der Waals surface area (Å²) < 4.78 is 5.56. The van der Waals surface area contributed by atoms with Crippen molar-refractivity contribution in [2.24, 2.45) is 0 Å². The number of benzene rings is 1. The normalized spacial score (nSPS) is 10.1. The molecule has 16 heavy (non-hydrogen) atoms. The maximum Gasteiger partial charge on any atom is 0.192 e. The number of aliphatic hydroxyl groups excluding tert-OH is 1. The number of thiocarbonyl (C=S) groups is 1. The zero-order valence-corrected chi connectivity index (χ0v) is 11.7. The molecular weight excluding hydrogens is 260 g/mol. The second kappa shape index (κ2) is 7.04. The Morgan fingerprint density at radius 3 is 2.75 bits per heavy atom. The summed E-state index contributed by atoms with van der Waals surface area (Å²) in [6.45, 7) is 0.620. The maximum absolute atomic E-state index is 9.42. The molecular formula is C11H14O2S3. The molecule has 0 heterocycles. The molecule has 1 aromatic rings. The van der Waals surface area contributed by atoms with Crippen molar-refractivity contribution in [1.82, 2.24) is 0 Å². The largest absolute Gasteiger partial charge is 0.498 e. The Morgan fingerprint density at radius 1 is 1.44 bits per heavy atom. The third-order valence-electron chi connectivity index (χ3n) is 1.96. The van der Waals surface area contributed by atoms with Gasteiger partial charge in [0.05, 0.1) is 12.2 Å². The van der Waals surface area contributed by atoms with E-state index >= 15 is 0 Å². The molecule has 1 aromatic carbocycles. The highest BCUT2D eigenvalue weighted by Crippen LogP contribution is 2.25. The van der Waals surface area contributed by atoms with Gasteiger partial charge in [-0.3, -0.25) is 0 Å². The van der Waals surface area contributed by atoms with Gasteiger partial charge in [-0.05, 0) is 42.9 Å². The van der Waals surface area contributed by atoms with Crippen LogP contribution in [-0.2, 0) is 0 Å². The third kappa shape index (κ3) is 3.88. The maximum atomic E-state index is 9.42. The molecule has 0 unspecified atom stereocenters. The summed E-state index contributed by atoms with van der Waals surface area (Å²) >= 11 is 8.12. The molecule has 0 saturated heterocycles. The molecule has 88 valence electrons. The van der Waals surface area contributed by atoms with Crippen LogP contribution < -0.4 is 4.74 Å². The number of hydrogen-bond acceptors (Lipinski definition) is 4. The molecule has 5 heteroatoms. The van der Waals surface area contributed by atoms with E-state index in [-0.39, 0.29) is 5.05 Å². The van der Waals surface area contributed by atoms with E-state index in [1.54, 1.807) is 23.5 Å².